The fourth-order valence-electron chi connectivity index (χ4n) is 2.71. The first-order chi connectivity index (χ1) is 13.1. The van der Waals surface area contributed by atoms with E-state index in [2.05, 4.69) is 16.9 Å². The van der Waals surface area contributed by atoms with E-state index in [1.807, 2.05) is 24.3 Å². The summed E-state index contributed by atoms with van der Waals surface area (Å²) in [6, 6.07) is 14.1. The average molecular weight is 368 g/mol. The number of aliphatic imine (C=N–C) groups is 2. The molecule has 27 heavy (non-hydrogen) atoms. The quantitative estimate of drug-likeness (QED) is 0.558. The van der Waals surface area contributed by atoms with Crippen molar-refractivity contribution in [2.45, 2.75) is 32.2 Å². The van der Waals surface area contributed by atoms with Crippen molar-refractivity contribution < 1.29 is 15.3 Å². The highest BCUT2D eigenvalue weighted by atomic mass is 16.3. The van der Waals surface area contributed by atoms with Crippen LogP contribution in [0.4, 0.5) is 0 Å². The van der Waals surface area contributed by atoms with Crippen LogP contribution >= 0.6 is 0 Å². The second-order valence-electron chi connectivity index (χ2n) is 6.74. The first-order valence-electron chi connectivity index (χ1n) is 9.30. The number of benzene rings is 2. The van der Waals surface area contributed by atoms with Gasteiger partial charge in [-0.3, -0.25) is 9.98 Å². The highest BCUT2D eigenvalue weighted by Gasteiger charge is 2.09. The molecule has 0 fully saturated rings. The fraction of sp³-hybridized carbons (Fsp3) is 0.364. The summed E-state index contributed by atoms with van der Waals surface area (Å²) in [7, 11) is 0. The minimum absolute atomic E-state index is 0.0344. The van der Waals surface area contributed by atoms with Gasteiger partial charge in [0.15, 0.2) is 0 Å². The summed E-state index contributed by atoms with van der Waals surface area (Å²) in [5.41, 5.74) is 1.35. The fourth-order valence-corrected chi connectivity index (χ4v) is 2.71. The van der Waals surface area contributed by atoms with E-state index in [9.17, 15) is 10.2 Å². The van der Waals surface area contributed by atoms with Crippen LogP contribution in [0.5, 0.6) is 11.5 Å². The van der Waals surface area contributed by atoms with E-state index < -0.39 is 0 Å². The van der Waals surface area contributed by atoms with E-state index in [4.69, 9.17) is 5.11 Å². The number of phenols is 2. The zero-order valence-corrected chi connectivity index (χ0v) is 15.7. The van der Waals surface area contributed by atoms with Crippen LogP contribution in [-0.4, -0.2) is 46.9 Å². The first kappa shape index (κ1) is 20.6. The first-order valence-corrected chi connectivity index (χ1v) is 9.30. The number of hydrogen-bond acceptors (Lipinski definition) is 5. The SMILES string of the molecule is CC(CCO)CCC(CN=Cc1ccccc1O)N=Cc1ccccc1O. The lowest BCUT2D eigenvalue weighted by molar-refractivity contribution is 0.256. The van der Waals surface area contributed by atoms with Gasteiger partial charge in [-0.15, -0.1) is 0 Å². The van der Waals surface area contributed by atoms with E-state index >= 15 is 0 Å². The zero-order valence-electron chi connectivity index (χ0n) is 15.7. The van der Waals surface area contributed by atoms with Gasteiger partial charge >= 0.3 is 0 Å². The van der Waals surface area contributed by atoms with Crippen molar-refractivity contribution in [3.05, 3.63) is 59.7 Å². The standard InChI is InChI=1S/C22H28N2O3/c1-17(12-13-25)10-11-20(24-15-19-7-3-5-9-22(19)27)16-23-14-18-6-2-4-8-21(18)26/h2-9,14-15,17,20,25-27H,10-13,16H2,1H3. The molecule has 0 aliphatic carbocycles. The van der Waals surface area contributed by atoms with Crippen LogP contribution in [0.25, 0.3) is 0 Å². The number of rotatable bonds is 10. The monoisotopic (exact) mass is 368 g/mol. The number of hydrogen-bond donors (Lipinski definition) is 3. The van der Waals surface area contributed by atoms with Crippen LogP contribution in [0.15, 0.2) is 58.5 Å². The van der Waals surface area contributed by atoms with Crippen molar-refractivity contribution in [1.29, 1.82) is 0 Å². The van der Waals surface area contributed by atoms with Crippen LogP contribution in [-0.2, 0) is 0 Å². The molecule has 2 atom stereocenters. The average Bonchev–Trinajstić information content (AvgIpc) is 2.66. The molecule has 2 aromatic rings. The third-order valence-corrected chi connectivity index (χ3v) is 4.46. The Balaban J connectivity index is 2.04. The van der Waals surface area contributed by atoms with Crippen molar-refractivity contribution >= 4 is 12.4 Å². The molecule has 3 N–H and O–H groups in total. The van der Waals surface area contributed by atoms with Crippen LogP contribution in [0.1, 0.15) is 37.3 Å². The number of aliphatic hydroxyl groups is 1. The summed E-state index contributed by atoms with van der Waals surface area (Å²) >= 11 is 0. The Kier molecular flexibility index (Phi) is 8.52. The molecular formula is C22H28N2O3. The molecule has 2 rings (SSSR count). The van der Waals surface area contributed by atoms with Crippen LogP contribution in [0.2, 0.25) is 0 Å². The van der Waals surface area contributed by atoms with Crippen molar-refractivity contribution in [2.75, 3.05) is 13.2 Å². The maximum atomic E-state index is 9.89. The topological polar surface area (TPSA) is 85.4 Å². The van der Waals surface area contributed by atoms with Crippen LogP contribution in [0, 0.1) is 5.92 Å². The summed E-state index contributed by atoms with van der Waals surface area (Å²) in [4.78, 5) is 9.07. The van der Waals surface area contributed by atoms with Gasteiger partial charge in [-0.2, -0.15) is 0 Å². The molecule has 0 aliphatic heterocycles. The Hall–Kier alpha value is -2.66. The third kappa shape index (κ3) is 7.23. The van der Waals surface area contributed by atoms with Crippen molar-refractivity contribution in [2.24, 2.45) is 15.9 Å². The van der Waals surface area contributed by atoms with E-state index in [-0.39, 0.29) is 24.1 Å². The molecule has 144 valence electrons. The Morgan fingerprint density at radius 3 is 2.04 bits per heavy atom. The van der Waals surface area contributed by atoms with Gasteiger partial charge in [0.25, 0.3) is 0 Å². The molecule has 0 saturated heterocycles. The molecule has 2 aromatic carbocycles. The van der Waals surface area contributed by atoms with Crippen molar-refractivity contribution in [3.63, 3.8) is 0 Å². The minimum Gasteiger partial charge on any atom is -0.507 e. The molecule has 0 saturated carbocycles. The number of phenolic OH excluding ortho intramolecular Hbond substituents is 2. The molecule has 0 spiro atoms. The highest BCUT2D eigenvalue weighted by molar-refractivity contribution is 5.84. The van der Waals surface area contributed by atoms with E-state index in [0.29, 0.717) is 23.6 Å². The molecule has 0 amide bonds. The molecule has 5 nitrogen and oxygen atoms in total. The predicted octanol–water partition coefficient (Wildman–Crippen LogP) is 3.80. The van der Waals surface area contributed by atoms with Gasteiger partial charge in [-0.1, -0.05) is 31.2 Å². The van der Waals surface area contributed by atoms with E-state index in [1.54, 1.807) is 36.7 Å². The highest BCUT2D eigenvalue weighted by Crippen LogP contribution is 2.17. The van der Waals surface area contributed by atoms with Gasteiger partial charge in [0.1, 0.15) is 11.5 Å². The number of aliphatic hydroxyl groups excluding tert-OH is 1. The molecule has 0 aliphatic rings. The van der Waals surface area contributed by atoms with Gasteiger partial charge in [0.2, 0.25) is 0 Å². The Labute approximate surface area is 160 Å². The maximum absolute atomic E-state index is 9.89. The van der Waals surface area contributed by atoms with Gasteiger partial charge in [0.05, 0.1) is 12.6 Å². The number of aromatic hydroxyl groups is 2. The summed E-state index contributed by atoms with van der Waals surface area (Å²) in [6.45, 7) is 2.80. The Morgan fingerprint density at radius 2 is 1.44 bits per heavy atom. The molecule has 0 radical (unpaired) electrons. The van der Waals surface area contributed by atoms with Crippen LogP contribution < -0.4 is 0 Å². The van der Waals surface area contributed by atoms with Crippen molar-refractivity contribution in [1.82, 2.24) is 0 Å². The second-order valence-corrected chi connectivity index (χ2v) is 6.74. The minimum atomic E-state index is -0.0344. The van der Waals surface area contributed by atoms with Crippen LogP contribution in [0.3, 0.4) is 0 Å². The smallest absolute Gasteiger partial charge is 0.124 e. The van der Waals surface area contributed by atoms with Crippen molar-refractivity contribution in [3.8, 4) is 11.5 Å². The lowest BCUT2D eigenvalue weighted by atomic mass is 9.99. The Morgan fingerprint density at radius 1 is 0.852 bits per heavy atom. The van der Waals surface area contributed by atoms with Gasteiger partial charge in [-0.25, -0.2) is 0 Å². The van der Waals surface area contributed by atoms with E-state index in [0.717, 1.165) is 19.3 Å². The number of nitrogens with zero attached hydrogens (tertiary/aromatic N) is 2. The molecular weight excluding hydrogens is 340 g/mol. The molecule has 2 unspecified atom stereocenters. The Bertz CT molecular complexity index is 759. The second kappa shape index (κ2) is 11.1. The summed E-state index contributed by atoms with van der Waals surface area (Å²) in [5.74, 6) is 0.818. The van der Waals surface area contributed by atoms with Gasteiger partial charge in [0, 0.05) is 30.2 Å². The van der Waals surface area contributed by atoms with E-state index in [1.165, 1.54) is 0 Å². The maximum Gasteiger partial charge on any atom is 0.124 e. The third-order valence-electron chi connectivity index (χ3n) is 4.46. The molecule has 0 bridgehead atoms. The lowest BCUT2D eigenvalue weighted by Gasteiger charge is -2.14. The normalized spacial score (nSPS) is 14.0. The largest absolute Gasteiger partial charge is 0.507 e. The summed E-state index contributed by atoms with van der Waals surface area (Å²) < 4.78 is 0. The summed E-state index contributed by atoms with van der Waals surface area (Å²) in [5, 5.41) is 28.8. The number of para-hydroxylation sites is 2. The van der Waals surface area contributed by atoms with Gasteiger partial charge in [-0.05, 0) is 49.4 Å². The molecule has 0 heterocycles. The lowest BCUT2D eigenvalue weighted by Crippen LogP contribution is -2.12. The summed E-state index contributed by atoms with van der Waals surface area (Å²) in [6.07, 6.45) is 5.90. The zero-order chi connectivity index (χ0) is 19.5. The van der Waals surface area contributed by atoms with Gasteiger partial charge < -0.3 is 15.3 Å². The molecule has 0 aromatic heterocycles. The molecule has 5 heteroatoms. The predicted molar refractivity (Wildman–Crippen MR) is 110 cm³/mol.